The summed E-state index contributed by atoms with van der Waals surface area (Å²) in [6, 6.07) is 7.08. The molecule has 2 unspecified atom stereocenters. The molecule has 0 aromatic heterocycles. The molecule has 0 saturated carbocycles. The Morgan fingerprint density at radius 3 is 2.69 bits per heavy atom. The van der Waals surface area contributed by atoms with Gasteiger partial charge in [-0.3, -0.25) is 4.79 Å². The maximum absolute atomic E-state index is 10.5. The van der Waals surface area contributed by atoms with E-state index in [-0.39, 0.29) is 5.92 Å². The molecule has 2 atom stereocenters. The van der Waals surface area contributed by atoms with E-state index in [1.54, 1.807) is 12.1 Å². The van der Waals surface area contributed by atoms with Crippen LogP contribution in [0.15, 0.2) is 24.3 Å². The fourth-order valence-corrected chi connectivity index (χ4v) is 2.06. The van der Waals surface area contributed by atoms with Gasteiger partial charge in [0.15, 0.2) is 0 Å². The standard InChI is InChI=1S/C13H16O3/c14-8-10-3-5-11(6-4-10)13(15)12-2-1-7-16-9-12/h3-6,8,12-13,15H,1-2,7,9H2. The summed E-state index contributed by atoms with van der Waals surface area (Å²) in [6.45, 7) is 1.42. The Hall–Kier alpha value is -1.19. The lowest BCUT2D eigenvalue weighted by molar-refractivity contribution is -0.00997. The number of ether oxygens (including phenoxy) is 1. The summed E-state index contributed by atoms with van der Waals surface area (Å²) in [6.07, 6.45) is 2.32. The third-order valence-electron chi connectivity index (χ3n) is 3.06. The molecule has 1 aliphatic heterocycles. The summed E-state index contributed by atoms with van der Waals surface area (Å²) in [5.41, 5.74) is 1.50. The molecule has 16 heavy (non-hydrogen) atoms. The molecular weight excluding hydrogens is 204 g/mol. The van der Waals surface area contributed by atoms with Crippen LogP contribution in [0.1, 0.15) is 34.9 Å². The summed E-state index contributed by atoms with van der Waals surface area (Å²) in [7, 11) is 0. The van der Waals surface area contributed by atoms with Crippen LogP contribution in [0, 0.1) is 5.92 Å². The zero-order valence-corrected chi connectivity index (χ0v) is 9.13. The first-order valence-electron chi connectivity index (χ1n) is 5.62. The van der Waals surface area contributed by atoms with Gasteiger partial charge in [0.2, 0.25) is 0 Å². The molecule has 0 aliphatic carbocycles. The van der Waals surface area contributed by atoms with E-state index in [9.17, 15) is 9.90 Å². The molecule has 86 valence electrons. The van der Waals surface area contributed by atoms with Gasteiger partial charge in [-0.2, -0.15) is 0 Å². The molecule has 1 aromatic rings. The summed E-state index contributed by atoms with van der Waals surface area (Å²) in [5, 5.41) is 10.1. The molecule has 0 bridgehead atoms. The van der Waals surface area contributed by atoms with Crippen LogP contribution >= 0.6 is 0 Å². The van der Waals surface area contributed by atoms with Crippen molar-refractivity contribution in [2.75, 3.05) is 13.2 Å². The average Bonchev–Trinajstić information content (AvgIpc) is 2.39. The van der Waals surface area contributed by atoms with Crippen LogP contribution in [-0.2, 0) is 4.74 Å². The van der Waals surface area contributed by atoms with Gasteiger partial charge in [-0.15, -0.1) is 0 Å². The number of carbonyl (C=O) groups is 1. The zero-order valence-electron chi connectivity index (χ0n) is 9.13. The molecule has 1 aromatic carbocycles. The van der Waals surface area contributed by atoms with Crippen molar-refractivity contribution in [1.82, 2.24) is 0 Å². The lowest BCUT2D eigenvalue weighted by Crippen LogP contribution is -2.23. The van der Waals surface area contributed by atoms with Crippen LogP contribution < -0.4 is 0 Å². The number of hydrogen-bond donors (Lipinski definition) is 1. The molecule has 3 heteroatoms. The Bertz CT molecular complexity index is 339. The predicted octanol–water partition coefficient (Wildman–Crippen LogP) is 1.96. The Morgan fingerprint density at radius 2 is 2.12 bits per heavy atom. The highest BCUT2D eigenvalue weighted by Crippen LogP contribution is 2.28. The minimum atomic E-state index is -0.485. The van der Waals surface area contributed by atoms with Crippen molar-refractivity contribution in [3.05, 3.63) is 35.4 Å². The molecule has 1 fully saturated rings. The van der Waals surface area contributed by atoms with E-state index >= 15 is 0 Å². The number of hydrogen-bond acceptors (Lipinski definition) is 3. The second-order valence-electron chi connectivity index (χ2n) is 4.21. The number of benzene rings is 1. The van der Waals surface area contributed by atoms with Gasteiger partial charge in [-0.1, -0.05) is 24.3 Å². The smallest absolute Gasteiger partial charge is 0.150 e. The molecule has 0 amide bonds. The van der Waals surface area contributed by atoms with E-state index in [0.717, 1.165) is 31.3 Å². The van der Waals surface area contributed by atoms with Crippen molar-refractivity contribution in [3.63, 3.8) is 0 Å². The first-order chi connectivity index (χ1) is 7.81. The summed E-state index contributed by atoms with van der Waals surface area (Å²) >= 11 is 0. The number of aliphatic hydroxyl groups excluding tert-OH is 1. The second kappa shape index (κ2) is 5.23. The van der Waals surface area contributed by atoms with Gasteiger partial charge in [0.1, 0.15) is 6.29 Å². The normalized spacial score (nSPS) is 22.7. The molecule has 1 N–H and O–H groups in total. The highest BCUT2D eigenvalue weighted by Gasteiger charge is 2.23. The quantitative estimate of drug-likeness (QED) is 0.792. The van der Waals surface area contributed by atoms with Crippen molar-refractivity contribution in [2.24, 2.45) is 5.92 Å². The average molecular weight is 220 g/mol. The maximum atomic E-state index is 10.5. The van der Waals surface area contributed by atoms with Crippen LogP contribution in [0.3, 0.4) is 0 Å². The largest absolute Gasteiger partial charge is 0.388 e. The summed E-state index contributed by atoms with van der Waals surface area (Å²) < 4.78 is 5.35. The molecule has 0 radical (unpaired) electrons. The van der Waals surface area contributed by atoms with E-state index in [4.69, 9.17) is 4.74 Å². The van der Waals surface area contributed by atoms with Crippen molar-refractivity contribution in [2.45, 2.75) is 18.9 Å². The number of carbonyl (C=O) groups excluding carboxylic acids is 1. The van der Waals surface area contributed by atoms with Crippen LogP contribution in [0.5, 0.6) is 0 Å². The van der Waals surface area contributed by atoms with Crippen LogP contribution in [0.2, 0.25) is 0 Å². The first-order valence-corrected chi connectivity index (χ1v) is 5.62. The third-order valence-corrected chi connectivity index (χ3v) is 3.06. The van der Waals surface area contributed by atoms with Crippen molar-refractivity contribution in [1.29, 1.82) is 0 Å². The summed E-state index contributed by atoms with van der Waals surface area (Å²) in [5.74, 6) is 0.177. The molecule has 0 spiro atoms. The van der Waals surface area contributed by atoms with Crippen LogP contribution in [0.4, 0.5) is 0 Å². The monoisotopic (exact) mass is 220 g/mol. The lowest BCUT2D eigenvalue weighted by Gasteiger charge is -2.26. The Morgan fingerprint density at radius 1 is 1.38 bits per heavy atom. The Balaban J connectivity index is 2.06. The van der Waals surface area contributed by atoms with Crippen LogP contribution in [-0.4, -0.2) is 24.6 Å². The SMILES string of the molecule is O=Cc1ccc(C(O)C2CCCOC2)cc1. The molecule has 3 nitrogen and oxygen atoms in total. The molecule has 1 aliphatic rings. The van der Waals surface area contributed by atoms with Gasteiger partial charge >= 0.3 is 0 Å². The number of rotatable bonds is 3. The van der Waals surface area contributed by atoms with Crippen molar-refractivity contribution < 1.29 is 14.6 Å². The molecule has 1 saturated heterocycles. The van der Waals surface area contributed by atoms with E-state index in [2.05, 4.69) is 0 Å². The van der Waals surface area contributed by atoms with E-state index < -0.39 is 6.10 Å². The zero-order chi connectivity index (χ0) is 11.4. The van der Waals surface area contributed by atoms with Gasteiger partial charge in [0.05, 0.1) is 12.7 Å². The fraction of sp³-hybridized carbons (Fsp3) is 0.462. The minimum Gasteiger partial charge on any atom is -0.388 e. The predicted molar refractivity (Wildman–Crippen MR) is 60.3 cm³/mol. The molecule has 1 heterocycles. The molecule has 2 rings (SSSR count). The van der Waals surface area contributed by atoms with Crippen molar-refractivity contribution >= 4 is 6.29 Å². The van der Waals surface area contributed by atoms with Crippen LogP contribution in [0.25, 0.3) is 0 Å². The third kappa shape index (κ3) is 2.49. The Labute approximate surface area is 95.0 Å². The second-order valence-corrected chi connectivity index (χ2v) is 4.21. The highest BCUT2D eigenvalue weighted by atomic mass is 16.5. The van der Waals surface area contributed by atoms with E-state index in [1.807, 2.05) is 12.1 Å². The molecular formula is C13H16O3. The fourth-order valence-electron chi connectivity index (χ4n) is 2.06. The van der Waals surface area contributed by atoms with E-state index in [0.29, 0.717) is 12.2 Å². The topological polar surface area (TPSA) is 46.5 Å². The van der Waals surface area contributed by atoms with Gasteiger partial charge < -0.3 is 9.84 Å². The van der Waals surface area contributed by atoms with Gasteiger partial charge in [0.25, 0.3) is 0 Å². The van der Waals surface area contributed by atoms with Gasteiger partial charge in [-0.25, -0.2) is 0 Å². The highest BCUT2D eigenvalue weighted by molar-refractivity contribution is 5.74. The number of aliphatic hydroxyl groups is 1. The first kappa shape index (κ1) is 11.3. The minimum absolute atomic E-state index is 0.177. The Kier molecular flexibility index (Phi) is 3.70. The summed E-state index contributed by atoms with van der Waals surface area (Å²) in [4.78, 5) is 10.5. The number of aldehydes is 1. The lowest BCUT2D eigenvalue weighted by atomic mass is 9.91. The maximum Gasteiger partial charge on any atom is 0.150 e. The van der Waals surface area contributed by atoms with Gasteiger partial charge in [0, 0.05) is 18.1 Å². The van der Waals surface area contributed by atoms with Gasteiger partial charge in [-0.05, 0) is 18.4 Å². The van der Waals surface area contributed by atoms with Crippen molar-refractivity contribution in [3.8, 4) is 0 Å². The van der Waals surface area contributed by atoms with E-state index in [1.165, 1.54) is 0 Å².